The van der Waals surface area contributed by atoms with Gasteiger partial charge in [-0.05, 0) is 42.7 Å². The Hall–Kier alpha value is -2.54. The maximum atomic E-state index is 12.8. The number of hydrogen-bond acceptors (Lipinski definition) is 5. The quantitative estimate of drug-likeness (QED) is 0.849. The molecule has 1 aliphatic rings. The molecule has 0 spiro atoms. The van der Waals surface area contributed by atoms with Gasteiger partial charge < -0.3 is 15.4 Å². The van der Waals surface area contributed by atoms with Crippen molar-refractivity contribution < 1.29 is 13.9 Å². The van der Waals surface area contributed by atoms with Gasteiger partial charge >= 0.3 is 0 Å². The molecule has 0 saturated carbocycles. The average Bonchev–Trinajstić information content (AvgIpc) is 3.13. The second kappa shape index (κ2) is 7.83. The highest BCUT2D eigenvalue weighted by Gasteiger charge is 2.15. The van der Waals surface area contributed by atoms with Crippen LogP contribution in [0.2, 0.25) is 0 Å². The van der Waals surface area contributed by atoms with Gasteiger partial charge in [0.15, 0.2) is 5.69 Å². The van der Waals surface area contributed by atoms with E-state index in [-0.39, 0.29) is 23.5 Å². The second-order valence-corrected chi connectivity index (χ2v) is 5.63. The standard InChI is InChI=1S/C17H19FN4O2/c18-13-5-3-12(4-6-13)10-20-17(23)15-7-8-16(22-21-15)19-11-14-2-1-9-24-14/h3-8,14H,1-2,9-11H2,(H,19,22)(H,20,23). The molecule has 1 aromatic heterocycles. The first kappa shape index (κ1) is 16.3. The van der Waals surface area contributed by atoms with Gasteiger partial charge in [-0.2, -0.15) is 0 Å². The lowest BCUT2D eigenvalue weighted by atomic mass is 10.2. The molecule has 3 rings (SSSR count). The number of rotatable bonds is 6. The van der Waals surface area contributed by atoms with E-state index < -0.39 is 0 Å². The minimum atomic E-state index is -0.322. The van der Waals surface area contributed by atoms with Gasteiger partial charge in [-0.15, -0.1) is 10.2 Å². The summed E-state index contributed by atoms with van der Waals surface area (Å²) in [6.07, 6.45) is 2.35. The maximum Gasteiger partial charge on any atom is 0.272 e. The molecule has 1 amide bonds. The van der Waals surface area contributed by atoms with Crippen LogP contribution in [0.4, 0.5) is 10.2 Å². The van der Waals surface area contributed by atoms with E-state index in [4.69, 9.17) is 4.74 Å². The van der Waals surface area contributed by atoms with Crippen LogP contribution in [0.1, 0.15) is 28.9 Å². The van der Waals surface area contributed by atoms with Crippen molar-refractivity contribution in [1.82, 2.24) is 15.5 Å². The first-order valence-electron chi connectivity index (χ1n) is 7.92. The van der Waals surface area contributed by atoms with Gasteiger partial charge in [0.1, 0.15) is 11.6 Å². The Morgan fingerprint density at radius 2 is 2.04 bits per heavy atom. The van der Waals surface area contributed by atoms with Crippen molar-refractivity contribution in [2.45, 2.75) is 25.5 Å². The van der Waals surface area contributed by atoms with Crippen molar-refractivity contribution in [2.24, 2.45) is 0 Å². The van der Waals surface area contributed by atoms with Crippen LogP contribution < -0.4 is 10.6 Å². The van der Waals surface area contributed by atoms with Crippen LogP contribution in [0.15, 0.2) is 36.4 Å². The Bertz CT molecular complexity index is 670. The zero-order valence-corrected chi connectivity index (χ0v) is 13.2. The van der Waals surface area contributed by atoms with Crippen LogP contribution in [0, 0.1) is 5.82 Å². The van der Waals surface area contributed by atoms with Crippen molar-refractivity contribution in [3.05, 3.63) is 53.5 Å². The summed E-state index contributed by atoms with van der Waals surface area (Å²) in [5, 5.41) is 13.8. The van der Waals surface area contributed by atoms with Gasteiger partial charge in [-0.3, -0.25) is 4.79 Å². The van der Waals surface area contributed by atoms with Crippen molar-refractivity contribution in [2.75, 3.05) is 18.5 Å². The summed E-state index contributed by atoms with van der Waals surface area (Å²) in [6, 6.07) is 9.30. The lowest BCUT2D eigenvalue weighted by Gasteiger charge is -2.11. The molecule has 1 atom stereocenters. The van der Waals surface area contributed by atoms with Crippen LogP contribution >= 0.6 is 0 Å². The van der Waals surface area contributed by atoms with Crippen molar-refractivity contribution >= 4 is 11.7 Å². The zero-order valence-electron chi connectivity index (χ0n) is 13.2. The summed E-state index contributed by atoms with van der Waals surface area (Å²) in [4.78, 5) is 12.0. The third-order valence-corrected chi connectivity index (χ3v) is 3.80. The molecular formula is C17H19FN4O2. The van der Waals surface area contributed by atoms with Gasteiger partial charge in [-0.1, -0.05) is 12.1 Å². The van der Waals surface area contributed by atoms with E-state index in [1.165, 1.54) is 12.1 Å². The summed E-state index contributed by atoms with van der Waals surface area (Å²) in [5.41, 5.74) is 1.05. The number of halogens is 1. The number of ether oxygens (including phenoxy) is 1. The fraction of sp³-hybridized carbons (Fsp3) is 0.353. The topological polar surface area (TPSA) is 76.1 Å². The number of carbonyl (C=O) groups excluding carboxylic acids is 1. The van der Waals surface area contributed by atoms with Crippen molar-refractivity contribution in [3.8, 4) is 0 Å². The molecular weight excluding hydrogens is 311 g/mol. The van der Waals surface area contributed by atoms with E-state index in [0.717, 1.165) is 25.0 Å². The van der Waals surface area contributed by atoms with Crippen LogP contribution in [0.3, 0.4) is 0 Å². The van der Waals surface area contributed by atoms with E-state index >= 15 is 0 Å². The van der Waals surface area contributed by atoms with Crippen LogP contribution in [0.5, 0.6) is 0 Å². The number of anilines is 1. The molecule has 1 unspecified atom stereocenters. The fourth-order valence-corrected chi connectivity index (χ4v) is 2.45. The summed E-state index contributed by atoms with van der Waals surface area (Å²) in [7, 11) is 0. The normalized spacial score (nSPS) is 16.8. The minimum Gasteiger partial charge on any atom is -0.376 e. The lowest BCUT2D eigenvalue weighted by Crippen LogP contribution is -2.24. The molecule has 1 saturated heterocycles. The third-order valence-electron chi connectivity index (χ3n) is 3.80. The Balaban J connectivity index is 1.48. The monoisotopic (exact) mass is 330 g/mol. The third kappa shape index (κ3) is 4.48. The molecule has 2 N–H and O–H groups in total. The van der Waals surface area contributed by atoms with Crippen LogP contribution in [-0.2, 0) is 11.3 Å². The molecule has 1 aromatic carbocycles. The fourth-order valence-electron chi connectivity index (χ4n) is 2.45. The number of carbonyl (C=O) groups is 1. The number of benzene rings is 1. The number of nitrogens with zero attached hydrogens (tertiary/aromatic N) is 2. The predicted octanol–water partition coefficient (Wildman–Crippen LogP) is 2.14. The molecule has 0 aliphatic carbocycles. The van der Waals surface area contributed by atoms with E-state index in [0.29, 0.717) is 18.9 Å². The van der Waals surface area contributed by atoms with Gasteiger partial charge in [-0.25, -0.2) is 4.39 Å². The first-order valence-corrected chi connectivity index (χ1v) is 7.92. The Kier molecular flexibility index (Phi) is 5.32. The molecule has 7 heteroatoms. The first-order chi connectivity index (χ1) is 11.7. The summed E-state index contributed by atoms with van der Waals surface area (Å²) in [6.45, 7) is 1.80. The number of aromatic nitrogens is 2. The summed E-state index contributed by atoms with van der Waals surface area (Å²) < 4.78 is 18.4. The molecule has 24 heavy (non-hydrogen) atoms. The number of hydrogen-bond donors (Lipinski definition) is 2. The molecule has 126 valence electrons. The lowest BCUT2D eigenvalue weighted by molar-refractivity contribution is 0.0945. The number of nitrogens with one attached hydrogen (secondary N) is 2. The molecule has 0 bridgehead atoms. The summed E-state index contributed by atoms with van der Waals surface area (Å²) >= 11 is 0. The molecule has 2 aromatic rings. The largest absolute Gasteiger partial charge is 0.376 e. The highest BCUT2D eigenvalue weighted by molar-refractivity contribution is 5.92. The van der Waals surface area contributed by atoms with Crippen LogP contribution in [-0.4, -0.2) is 35.4 Å². The Morgan fingerprint density at radius 3 is 2.71 bits per heavy atom. The van der Waals surface area contributed by atoms with Crippen LogP contribution in [0.25, 0.3) is 0 Å². The maximum absolute atomic E-state index is 12.8. The Labute approximate surface area is 139 Å². The highest BCUT2D eigenvalue weighted by Crippen LogP contribution is 2.12. The van der Waals surface area contributed by atoms with E-state index in [1.807, 2.05) is 0 Å². The molecule has 1 aliphatic heterocycles. The molecule has 6 nitrogen and oxygen atoms in total. The van der Waals surface area contributed by atoms with E-state index in [9.17, 15) is 9.18 Å². The molecule has 1 fully saturated rings. The van der Waals surface area contributed by atoms with Gasteiger partial charge in [0.2, 0.25) is 0 Å². The van der Waals surface area contributed by atoms with Crippen molar-refractivity contribution in [1.29, 1.82) is 0 Å². The predicted molar refractivity (Wildman–Crippen MR) is 87.1 cm³/mol. The molecule has 0 radical (unpaired) electrons. The van der Waals surface area contributed by atoms with E-state index in [2.05, 4.69) is 20.8 Å². The SMILES string of the molecule is O=C(NCc1ccc(F)cc1)c1ccc(NCC2CCCO2)nn1. The average molecular weight is 330 g/mol. The van der Waals surface area contributed by atoms with Gasteiger partial charge in [0, 0.05) is 19.7 Å². The van der Waals surface area contributed by atoms with E-state index in [1.54, 1.807) is 24.3 Å². The minimum absolute atomic E-state index is 0.213. The summed E-state index contributed by atoms with van der Waals surface area (Å²) in [5.74, 6) is -0.0138. The highest BCUT2D eigenvalue weighted by atomic mass is 19.1. The number of amides is 1. The Morgan fingerprint density at radius 1 is 1.21 bits per heavy atom. The van der Waals surface area contributed by atoms with Gasteiger partial charge in [0.05, 0.1) is 6.10 Å². The van der Waals surface area contributed by atoms with Gasteiger partial charge in [0.25, 0.3) is 5.91 Å². The van der Waals surface area contributed by atoms with Crippen molar-refractivity contribution in [3.63, 3.8) is 0 Å². The smallest absolute Gasteiger partial charge is 0.272 e. The second-order valence-electron chi connectivity index (χ2n) is 5.63. The molecule has 2 heterocycles. The zero-order chi connectivity index (χ0) is 16.8.